The predicted molar refractivity (Wildman–Crippen MR) is 78.2 cm³/mol. The van der Waals surface area contributed by atoms with E-state index in [4.69, 9.17) is 0 Å². The molecule has 0 bridgehead atoms. The largest absolute Gasteiger partial charge is 0.395 e. The molecular formula is C15H25N3O. The summed E-state index contributed by atoms with van der Waals surface area (Å²) in [4.78, 5) is 6.81. The van der Waals surface area contributed by atoms with Gasteiger partial charge in [0.25, 0.3) is 0 Å². The third-order valence-corrected chi connectivity index (χ3v) is 3.73. The average molecular weight is 263 g/mol. The molecule has 1 fully saturated rings. The number of nitrogens with zero attached hydrogens (tertiary/aromatic N) is 2. The topological polar surface area (TPSA) is 48.4 Å². The van der Waals surface area contributed by atoms with E-state index in [1.54, 1.807) is 0 Å². The lowest BCUT2D eigenvalue weighted by Gasteiger charge is -2.34. The zero-order valence-electron chi connectivity index (χ0n) is 11.8. The second-order valence-electron chi connectivity index (χ2n) is 5.28. The fourth-order valence-corrected chi connectivity index (χ4v) is 2.59. The SMILES string of the molecule is CCCNc1ccc(CN2CCCCC2CO)cn1. The summed E-state index contributed by atoms with van der Waals surface area (Å²) >= 11 is 0. The number of rotatable bonds is 6. The van der Waals surface area contributed by atoms with Gasteiger partial charge >= 0.3 is 0 Å². The molecule has 2 N–H and O–H groups in total. The van der Waals surface area contributed by atoms with Crippen molar-refractivity contribution in [3.63, 3.8) is 0 Å². The summed E-state index contributed by atoms with van der Waals surface area (Å²) in [6.07, 6.45) is 6.64. The van der Waals surface area contributed by atoms with E-state index in [-0.39, 0.29) is 6.61 Å². The Morgan fingerprint density at radius 2 is 2.32 bits per heavy atom. The quantitative estimate of drug-likeness (QED) is 0.826. The maximum atomic E-state index is 9.41. The van der Waals surface area contributed by atoms with Crippen LogP contribution in [-0.2, 0) is 6.54 Å². The smallest absolute Gasteiger partial charge is 0.125 e. The minimum atomic E-state index is 0.267. The fourth-order valence-electron chi connectivity index (χ4n) is 2.59. The molecule has 4 heteroatoms. The van der Waals surface area contributed by atoms with Gasteiger partial charge in [-0.25, -0.2) is 4.98 Å². The van der Waals surface area contributed by atoms with E-state index < -0.39 is 0 Å². The van der Waals surface area contributed by atoms with E-state index in [1.807, 2.05) is 12.3 Å². The van der Waals surface area contributed by atoms with Crippen LogP contribution >= 0.6 is 0 Å². The van der Waals surface area contributed by atoms with E-state index in [0.717, 1.165) is 38.3 Å². The first-order valence-corrected chi connectivity index (χ1v) is 7.37. The molecular weight excluding hydrogens is 238 g/mol. The van der Waals surface area contributed by atoms with Gasteiger partial charge in [0.15, 0.2) is 0 Å². The molecule has 1 saturated heterocycles. The second-order valence-corrected chi connectivity index (χ2v) is 5.28. The van der Waals surface area contributed by atoms with Gasteiger partial charge in [-0.3, -0.25) is 4.90 Å². The lowest BCUT2D eigenvalue weighted by atomic mass is 10.0. The van der Waals surface area contributed by atoms with E-state index in [1.165, 1.54) is 18.4 Å². The zero-order valence-corrected chi connectivity index (χ0v) is 11.8. The fraction of sp³-hybridized carbons (Fsp3) is 0.667. The summed E-state index contributed by atoms with van der Waals surface area (Å²) < 4.78 is 0. The number of likely N-dealkylation sites (tertiary alicyclic amines) is 1. The molecule has 1 unspecified atom stereocenters. The highest BCUT2D eigenvalue weighted by Crippen LogP contribution is 2.19. The molecule has 0 aromatic carbocycles. The summed E-state index contributed by atoms with van der Waals surface area (Å²) in [5.74, 6) is 0.947. The van der Waals surface area contributed by atoms with Gasteiger partial charge in [0.1, 0.15) is 5.82 Å². The number of aromatic nitrogens is 1. The minimum absolute atomic E-state index is 0.267. The van der Waals surface area contributed by atoms with Crippen molar-refractivity contribution in [2.45, 2.75) is 45.2 Å². The molecule has 1 aromatic rings. The molecule has 0 saturated carbocycles. The Bertz CT molecular complexity index is 366. The third-order valence-electron chi connectivity index (χ3n) is 3.73. The van der Waals surface area contributed by atoms with Gasteiger partial charge in [0.2, 0.25) is 0 Å². The summed E-state index contributed by atoms with van der Waals surface area (Å²) in [5.41, 5.74) is 1.22. The first-order chi connectivity index (χ1) is 9.33. The highest BCUT2D eigenvalue weighted by atomic mass is 16.3. The molecule has 2 rings (SSSR count). The van der Waals surface area contributed by atoms with Crippen LogP contribution in [0.4, 0.5) is 5.82 Å². The predicted octanol–water partition coefficient (Wildman–Crippen LogP) is 2.25. The first-order valence-electron chi connectivity index (χ1n) is 7.37. The number of hydrogen-bond donors (Lipinski definition) is 2. The van der Waals surface area contributed by atoms with Crippen LogP contribution in [0.2, 0.25) is 0 Å². The Labute approximate surface area is 115 Å². The lowest BCUT2D eigenvalue weighted by Crippen LogP contribution is -2.41. The molecule has 0 amide bonds. The van der Waals surface area contributed by atoms with Gasteiger partial charge in [0, 0.05) is 25.3 Å². The second kappa shape index (κ2) is 7.46. The normalized spacial score (nSPS) is 20.4. The summed E-state index contributed by atoms with van der Waals surface area (Å²) in [6, 6.07) is 4.50. The maximum absolute atomic E-state index is 9.41. The number of piperidine rings is 1. The molecule has 1 aliphatic rings. The number of anilines is 1. The van der Waals surface area contributed by atoms with Crippen molar-refractivity contribution >= 4 is 5.82 Å². The maximum Gasteiger partial charge on any atom is 0.125 e. The third kappa shape index (κ3) is 4.18. The van der Waals surface area contributed by atoms with Gasteiger partial charge < -0.3 is 10.4 Å². The number of aliphatic hydroxyl groups excluding tert-OH is 1. The first kappa shape index (κ1) is 14.3. The van der Waals surface area contributed by atoms with Crippen molar-refractivity contribution in [1.29, 1.82) is 0 Å². The molecule has 4 nitrogen and oxygen atoms in total. The van der Waals surface area contributed by atoms with Gasteiger partial charge in [-0.05, 0) is 37.4 Å². The van der Waals surface area contributed by atoms with Crippen molar-refractivity contribution in [2.24, 2.45) is 0 Å². The Balaban J connectivity index is 1.90. The Morgan fingerprint density at radius 1 is 1.42 bits per heavy atom. The van der Waals surface area contributed by atoms with Crippen LogP contribution in [0.5, 0.6) is 0 Å². The summed E-state index contributed by atoms with van der Waals surface area (Å²) in [7, 11) is 0. The van der Waals surface area contributed by atoms with E-state index in [0.29, 0.717) is 6.04 Å². The van der Waals surface area contributed by atoms with Crippen molar-refractivity contribution in [3.05, 3.63) is 23.9 Å². The molecule has 1 atom stereocenters. The molecule has 106 valence electrons. The molecule has 1 aromatic heterocycles. The Kier molecular flexibility index (Phi) is 5.61. The van der Waals surface area contributed by atoms with Gasteiger partial charge in [-0.2, -0.15) is 0 Å². The standard InChI is InChI=1S/C15H25N3O/c1-2-8-16-15-7-6-13(10-17-15)11-18-9-4-3-5-14(18)12-19/h6-7,10,14,19H,2-5,8-9,11-12H2,1H3,(H,16,17). The van der Waals surface area contributed by atoms with Crippen LogP contribution in [0, 0.1) is 0 Å². The molecule has 1 aliphatic heterocycles. The zero-order chi connectivity index (χ0) is 13.5. The minimum Gasteiger partial charge on any atom is -0.395 e. The highest BCUT2D eigenvalue weighted by molar-refractivity contribution is 5.35. The summed E-state index contributed by atoms with van der Waals surface area (Å²) in [6.45, 7) is 5.36. The van der Waals surface area contributed by atoms with Crippen LogP contribution in [0.1, 0.15) is 38.2 Å². The Hall–Kier alpha value is -1.13. The van der Waals surface area contributed by atoms with E-state index in [9.17, 15) is 5.11 Å². The van der Waals surface area contributed by atoms with Crippen LogP contribution in [0.3, 0.4) is 0 Å². The average Bonchev–Trinajstić information content (AvgIpc) is 2.47. The molecule has 0 spiro atoms. The monoisotopic (exact) mass is 263 g/mol. The number of hydrogen-bond acceptors (Lipinski definition) is 4. The van der Waals surface area contributed by atoms with Crippen LogP contribution < -0.4 is 5.32 Å². The van der Waals surface area contributed by atoms with Crippen molar-refractivity contribution in [3.8, 4) is 0 Å². The van der Waals surface area contributed by atoms with Crippen LogP contribution in [0.25, 0.3) is 0 Å². The number of pyridine rings is 1. The van der Waals surface area contributed by atoms with E-state index >= 15 is 0 Å². The summed E-state index contributed by atoms with van der Waals surface area (Å²) in [5, 5.41) is 12.7. The highest BCUT2D eigenvalue weighted by Gasteiger charge is 2.21. The lowest BCUT2D eigenvalue weighted by molar-refractivity contribution is 0.0840. The van der Waals surface area contributed by atoms with Gasteiger partial charge in [-0.15, -0.1) is 0 Å². The van der Waals surface area contributed by atoms with Crippen molar-refractivity contribution in [2.75, 3.05) is 25.0 Å². The van der Waals surface area contributed by atoms with E-state index in [2.05, 4.69) is 28.2 Å². The van der Waals surface area contributed by atoms with Crippen LogP contribution in [0.15, 0.2) is 18.3 Å². The van der Waals surface area contributed by atoms with Gasteiger partial charge in [0.05, 0.1) is 6.61 Å². The number of nitrogens with one attached hydrogen (secondary N) is 1. The van der Waals surface area contributed by atoms with Crippen LogP contribution in [-0.4, -0.2) is 40.7 Å². The van der Waals surface area contributed by atoms with Gasteiger partial charge in [-0.1, -0.05) is 19.4 Å². The van der Waals surface area contributed by atoms with Crippen molar-refractivity contribution < 1.29 is 5.11 Å². The molecule has 0 aliphatic carbocycles. The Morgan fingerprint density at radius 3 is 3.00 bits per heavy atom. The molecule has 19 heavy (non-hydrogen) atoms. The van der Waals surface area contributed by atoms with Crippen molar-refractivity contribution in [1.82, 2.24) is 9.88 Å². The molecule has 0 radical (unpaired) electrons. The molecule has 2 heterocycles. The number of aliphatic hydroxyl groups is 1.